The van der Waals surface area contributed by atoms with Crippen LogP contribution in [0.3, 0.4) is 0 Å². The lowest BCUT2D eigenvalue weighted by Crippen LogP contribution is -2.24. The molecule has 0 aliphatic carbocycles. The number of hydrogen-bond acceptors (Lipinski definition) is 2. The van der Waals surface area contributed by atoms with Crippen molar-refractivity contribution in [2.24, 2.45) is 5.92 Å². The number of aryl methyl sites for hydroxylation is 1. The van der Waals surface area contributed by atoms with E-state index in [1.54, 1.807) is 11.9 Å². The fourth-order valence-corrected chi connectivity index (χ4v) is 1.78. The molecule has 104 valence electrons. The van der Waals surface area contributed by atoms with Gasteiger partial charge in [-0.15, -0.1) is 0 Å². The van der Waals surface area contributed by atoms with E-state index in [1.165, 1.54) is 6.08 Å². The highest BCUT2D eigenvalue weighted by Gasteiger charge is 2.12. The molecule has 0 aromatic heterocycles. The summed E-state index contributed by atoms with van der Waals surface area (Å²) in [5, 5.41) is 0. The van der Waals surface area contributed by atoms with Gasteiger partial charge in [-0.1, -0.05) is 38.6 Å². The Labute approximate surface area is 115 Å². The van der Waals surface area contributed by atoms with Crippen LogP contribution in [0.4, 0.5) is 0 Å². The molecular formula is C16H23NO2. The zero-order valence-electron chi connectivity index (χ0n) is 12.3. The fraction of sp³-hybridized carbons (Fsp3) is 0.438. The van der Waals surface area contributed by atoms with Crippen LogP contribution in [-0.2, 0) is 11.3 Å². The van der Waals surface area contributed by atoms with E-state index in [9.17, 15) is 4.79 Å². The van der Waals surface area contributed by atoms with E-state index in [1.807, 2.05) is 25.1 Å². The number of benzene rings is 1. The minimum Gasteiger partial charge on any atom is -0.493 e. The molecule has 0 saturated heterocycles. The molecule has 0 fully saturated rings. The molecule has 19 heavy (non-hydrogen) atoms. The van der Waals surface area contributed by atoms with Crippen molar-refractivity contribution < 1.29 is 9.53 Å². The summed E-state index contributed by atoms with van der Waals surface area (Å²) < 4.78 is 5.88. The van der Waals surface area contributed by atoms with Crippen LogP contribution in [0.1, 0.15) is 25.0 Å². The fourth-order valence-electron chi connectivity index (χ4n) is 1.78. The molecule has 3 nitrogen and oxygen atoms in total. The van der Waals surface area contributed by atoms with Gasteiger partial charge in [-0.2, -0.15) is 0 Å². The van der Waals surface area contributed by atoms with Gasteiger partial charge in [-0.3, -0.25) is 4.79 Å². The Kier molecular flexibility index (Phi) is 5.61. The molecule has 0 heterocycles. The van der Waals surface area contributed by atoms with Crippen molar-refractivity contribution in [3.05, 3.63) is 42.0 Å². The highest BCUT2D eigenvalue weighted by Crippen LogP contribution is 2.25. The average Bonchev–Trinajstić information content (AvgIpc) is 2.36. The second-order valence-corrected chi connectivity index (χ2v) is 5.17. The van der Waals surface area contributed by atoms with Crippen molar-refractivity contribution in [1.82, 2.24) is 4.90 Å². The lowest BCUT2D eigenvalue weighted by Gasteiger charge is -2.20. The van der Waals surface area contributed by atoms with Crippen LogP contribution in [0, 0.1) is 12.8 Å². The third-order valence-electron chi connectivity index (χ3n) is 2.81. The molecule has 1 aromatic rings. The van der Waals surface area contributed by atoms with E-state index >= 15 is 0 Å². The van der Waals surface area contributed by atoms with Crippen LogP contribution in [0.2, 0.25) is 0 Å². The third-order valence-corrected chi connectivity index (χ3v) is 2.81. The molecule has 0 unspecified atom stereocenters. The van der Waals surface area contributed by atoms with E-state index in [0.29, 0.717) is 19.1 Å². The predicted octanol–water partition coefficient (Wildman–Crippen LogP) is 3.17. The molecular weight excluding hydrogens is 238 g/mol. The van der Waals surface area contributed by atoms with Crippen LogP contribution in [0.15, 0.2) is 30.9 Å². The SMILES string of the molecule is C=CC(=O)N(C)Cc1cccc(C)c1OCC(C)C. The molecule has 0 radical (unpaired) electrons. The number of amides is 1. The topological polar surface area (TPSA) is 29.5 Å². The van der Waals surface area contributed by atoms with E-state index in [-0.39, 0.29) is 5.91 Å². The van der Waals surface area contributed by atoms with Gasteiger partial charge in [0.05, 0.1) is 6.61 Å². The molecule has 0 aliphatic rings. The lowest BCUT2D eigenvalue weighted by molar-refractivity contribution is -0.125. The van der Waals surface area contributed by atoms with E-state index in [4.69, 9.17) is 4.74 Å². The Morgan fingerprint density at radius 1 is 1.47 bits per heavy atom. The van der Waals surface area contributed by atoms with Gasteiger partial charge in [0, 0.05) is 19.2 Å². The van der Waals surface area contributed by atoms with Gasteiger partial charge in [-0.05, 0) is 24.5 Å². The van der Waals surface area contributed by atoms with E-state index in [0.717, 1.165) is 16.9 Å². The standard InChI is InChI=1S/C16H23NO2/c1-6-15(18)17(5)10-14-9-7-8-13(4)16(14)19-11-12(2)3/h6-9,12H,1,10-11H2,2-5H3. The first-order chi connectivity index (χ1) is 8.95. The summed E-state index contributed by atoms with van der Waals surface area (Å²) in [6.07, 6.45) is 1.32. The summed E-state index contributed by atoms with van der Waals surface area (Å²) in [5.41, 5.74) is 2.12. The average molecular weight is 261 g/mol. The van der Waals surface area contributed by atoms with Gasteiger partial charge in [0.2, 0.25) is 5.91 Å². The van der Waals surface area contributed by atoms with Crippen LogP contribution in [0.5, 0.6) is 5.75 Å². The molecule has 0 aliphatic heterocycles. The van der Waals surface area contributed by atoms with Gasteiger partial charge in [-0.25, -0.2) is 0 Å². The number of carbonyl (C=O) groups excluding carboxylic acids is 1. The number of likely N-dealkylation sites (N-methyl/N-ethyl adjacent to an activating group) is 1. The van der Waals surface area contributed by atoms with Crippen molar-refractivity contribution in [3.8, 4) is 5.75 Å². The van der Waals surface area contributed by atoms with Gasteiger partial charge >= 0.3 is 0 Å². The molecule has 0 saturated carbocycles. The summed E-state index contributed by atoms with van der Waals surface area (Å²) in [7, 11) is 1.76. The normalized spacial score (nSPS) is 10.4. The largest absolute Gasteiger partial charge is 0.493 e. The van der Waals surface area contributed by atoms with Gasteiger partial charge < -0.3 is 9.64 Å². The predicted molar refractivity (Wildman–Crippen MR) is 78.2 cm³/mol. The number of ether oxygens (including phenoxy) is 1. The Morgan fingerprint density at radius 2 is 2.16 bits per heavy atom. The maximum absolute atomic E-state index is 11.5. The molecule has 1 amide bonds. The molecule has 0 spiro atoms. The zero-order chi connectivity index (χ0) is 14.4. The monoisotopic (exact) mass is 261 g/mol. The van der Waals surface area contributed by atoms with Crippen molar-refractivity contribution in [3.63, 3.8) is 0 Å². The number of para-hydroxylation sites is 1. The van der Waals surface area contributed by atoms with Crippen LogP contribution >= 0.6 is 0 Å². The maximum Gasteiger partial charge on any atom is 0.245 e. The summed E-state index contributed by atoms with van der Waals surface area (Å²) in [6.45, 7) is 11.0. The first-order valence-electron chi connectivity index (χ1n) is 6.54. The maximum atomic E-state index is 11.5. The Morgan fingerprint density at radius 3 is 2.74 bits per heavy atom. The summed E-state index contributed by atoms with van der Waals surface area (Å²) in [6, 6.07) is 6.00. The molecule has 0 N–H and O–H groups in total. The number of nitrogens with zero attached hydrogens (tertiary/aromatic N) is 1. The minimum absolute atomic E-state index is 0.0867. The molecule has 1 rings (SSSR count). The third kappa shape index (κ3) is 4.43. The zero-order valence-corrected chi connectivity index (χ0v) is 12.3. The van der Waals surface area contributed by atoms with Crippen molar-refractivity contribution in [2.75, 3.05) is 13.7 Å². The summed E-state index contributed by atoms with van der Waals surface area (Å²) in [5.74, 6) is 1.27. The van der Waals surface area contributed by atoms with Gasteiger partial charge in [0.1, 0.15) is 5.75 Å². The van der Waals surface area contributed by atoms with Gasteiger partial charge in [0.25, 0.3) is 0 Å². The number of carbonyl (C=O) groups is 1. The van der Waals surface area contributed by atoms with Gasteiger partial charge in [0.15, 0.2) is 0 Å². The highest BCUT2D eigenvalue weighted by atomic mass is 16.5. The minimum atomic E-state index is -0.0867. The van der Waals surface area contributed by atoms with E-state index in [2.05, 4.69) is 20.4 Å². The Balaban J connectivity index is 2.90. The lowest BCUT2D eigenvalue weighted by atomic mass is 10.1. The molecule has 0 atom stereocenters. The first kappa shape index (κ1) is 15.3. The van der Waals surface area contributed by atoms with Crippen molar-refractivity contribution in [2.45, 2.75) is 27.3 Å². The Hall–Kier alpha value is -1.77. The van der Waals surface area contributed by atoms with Crippen LogP contribution in [0.25, 0.3) is 0 Å². The Bertz CT molecular complexity index is 452. The second-order valence-electron chi connectivity index (χ2n) is 5.17. The quantitative estimate of drug-likeness (QED) is 0.736. The summed E-state index contributed by atoms with van der Waals surface area (Å²) >= 11 is 0. The first-order valence-corrected chi connectivity index (χ1v) is 6.54. The molecule has 0 bridgehead atoms. The second kappa shape index (κ2) is 6.98. The highest BCUT2D eigenvalue weighted by molar-refractivity contribution is 5.86. The van der Waals surface area contributed by atoms with Crippen LogP contribution < -0.4 is 4.74 Å². The van der Waals surface area contributed by atoms with Crippen molar-refractivity contribution in [1.29, 1.82) is 0 Å². The molecule has 3 heteroatoms. The van der Waals surface area contributed by atoms with E-state index < -0.39 is 0 Å². The number of rotatable bonds is 6. The summed E-state index contributed by atoms with van der Waals surface area (Å²) in [4.78, 5) is 13.2. The van der Waals surface area contributed by atoms with Crippen molar-refractivity contribution >= 4 is 5.91 Å². The van der Waals surface area contributed by atoms with Crippen LogP contribution in [-0.4, -0.2) is 24.5 Å². The molecule has 1 aromatic carbocycles. The smallest absolute Gasteiger partial charge is 0.245 e. The number of hydrogen-bond donors (Lipinski definition) is 0.